The average molecular weight is 231 g/mol. The lowest BCUT2D eigenvalue weighted by Crippen LogP contribution is -2.32. The topological polar surface area (TPSA) is 35.2 Å². The van der Waals surface area contributed by atoms with E-state index in [9.17, 15) is 0 Å². The lowest BCUT2D eigenvalue weighted by atomic mass is 9.92. The first-order chi connectivity index (χ1) is 8.33. The second-order valence-corrected chi connectivity index (χ2v) is 5.45. The molecule has 2 unspecified atom stereocenters. The van der Waals surface area contributed by atoms with Gasteiger partial charge in [0, 0.05) is 12.6 Å². The van der Waals surface area contributed by atoms with Gasteiger partial charge in [0.05, 0.1) is 6.61 Å². The molecule has 1 heterocycles. The molecule has 1 aliphatic carbocycles. The van der Waals surface area contributed by atoms with Gasteiger partial charge in [0.15, 0.2) is 0 Å². The standard InChI is InChI=1S/C15H21NO/c16-15(14-6-7-17-10-14)9-11-4-5-12-2-1-3-13(12)8-11/h4-5,8,14-15H,1-3,6-7,9-10,16H2. The molecule has 1 aromatic rings. The summed E-state index contributed by atoms with van der Waals surface area (Å²) in [6, 6.07) is 7.20. The predicted molar refractivity (Wildman–Crippen MR) is 69.1 cm³/mol. The van der Waals surface area contributed by atoms with Gasteiger partial charge in [0.1, 0.15) is 0 Å². The third-order valence-electron chi connectivity index (χ3n) is 4.20. The maximum Gasteiger partial charge on any atom is 0.0510 e. The van der Waals surface area contributed by atoms with E-state index in [4.69, 9.17) is 10.5 Å². The average Bonchev–Trinajstić information content (AvgIpc) is 2.99. The Bertz CT molecular complexity index is 396. The van der Waals surface area contributed by atoms with Gasteiger partial charge in [-0.25, -0.2) is 0 Å². The second-order valence-electron chi connectivity index (χ2n) is 5.45. The highest BCUT2D eigenvalue weighted by atomic mass is 16.5. The molecule has 2 heteroatoms. The molecule has 0 amide bonds. The van der Waals surface area contributed by atoms with E-state index in [1.807, 2.05) is 0 Å². The van der Waals surface area contributed by atoms with Crippen LogP contribution in [0.15, 0.2) is 18.2 Å². The van der Waals surface area contributed by atoms with Crippen molar-refractivity contribution in [2.24, 2.45) is 11.7 Å². The second kappa shape index (κ2) is 4.79. The van der Waals surface area contributed by atoms with Crippen LogP contribution in [0, 0.1) is 5.92 Å². The van der Waals surface area contributed by atoms with Crippen LogP contribution < -0.4 is 5.73 Å². The number of aryl methyl sites for hydroxylation is 2. The van der Waals surface area contributed by atoms with Crippen molar-refractivity contribution in [1.29, 1.82) is 0 Å². The summed E-state index contributed by atoms with van der Waals surface area (Å²) in [5, 5.41) is 0. The Hall–Kier alpha value is -0.860. The number of nitrogens with two attached hydrogens (primary N) is 1. The SMILES string of the molecule is NC(Cc1ccc2c(c1)CCC2)C1CCOC1. The van der Waals surface area contributed by atoms with E-state index in [0.29, 0.717) is 5.92 Å². The number of benzene rings is 1. The maximum atomic E-state index is 6.28. The predicted octanol–water partition coefficient (Wildman–Crippen LogP) is 2.08. The third-order valence-corrected chi connectivity index (χ3v) is 4.20. The molecule has 0 bridgehead atoms. The van der Waals surface area contributed by atoms with E-state index in [2.05, 4.69) is 18.2 Å². The van der Waals surface area contributed by atoms with E-state index >= 15 is 0 Å². The van der Waals surface area contributed by atoms with Crippen LogP contribution in [-0.2, 0) is 24.0 Å². The summed E-state index contributed by atoms with van der Waals surface area (Å²) in [6.07, 6.45) is 5.97. The Morgan fingerprint density at radius 2 is 2.18 bits per heavy atom. The van der Waals surface area contributed by atoms with Gasteiger partial charge >= 0.3 is 0 Å². The van der Waals surface area contributed by atoms with E-state index in [-0.39, 0.29) is 6.04 Å². The number of hydrogen-bond donors (Lipinski definition) is 1. The van der Waals surface area contributed by atoms with E-state index in [1.54, 1.807) is 11.1 Å². The molecule has 92 valence electrons. The molecular weight excluding hydrogens is 210 g/mol. The number of rotatable bonds is 3. The Morgan fingerprint density at radius 3 is 3.00 bits per heavy atom. The fraction of sp³-hybridized carbons (Fsp3) is 0.600. The summed E-state index contributed by atoms with van der Waals surface area (Å²) >= 11 is 0. The minimum atomic E-state index is 0.261. The van der Waals surface area contributed by atoms with Crippen LogP contribution in [0.3, 0.4) is 0 Å². The quantitative estimate of drug-likeness (QED) is 0.864. The number of fused-ring (bicyclic) bond motifs is 1. The van der Waals surface area contributed by atoms with Gasteiger partial charge < -0.3 is 10.5 Å². The molecule has 0 aromatic heterocycles. The normalized spacial score (nSPS) is 24.9. The number of hydrogen-bond acceptors (Lipinski definition) is 2. The first-order valence-corrected chi connectivity index (χ1v) is 6.77. The molecule has 1 aromatic carbocycles. The van der Waals surface area contributed by atoms with E-state index in [0.717, 1.165) is 26.1 Å². The molecule has 2 atom stereocenters. The molecule has 2 aliphatic rings. The molecular formula is C15H21NO. The van der Waals surface area contributed by atoms with Gasteiger partial charge in [-0.05, 0) is 54.7 Å². The fourth-order valence-electron chi connectivity index (χ4n) is 3.08. The van der Waals surface area contributed by atoms with Crippen LogP contribution in [-0.4, -0.2) is 19.3 Å². The highest BCUT2D eigenvalue weighted by molar-refractivity contribution is 5.35. The Labute approximate surface area is 103 Å². The van der Waals surface area contributed by atoms with Crippen molar-refractivity contribution in [3.8, 4) is 0 Å². The van der Waals surface area contributed by atoms with Crippen LogP contribution >= 0.6 is 0 Å². The van der Waals surface area contributed by atoms with Crippen LogP contribution in [0.5, 0.6) is 0 Å². The van der Waals surface area contributed by atoms with Crippen molar-refractivity contribution in [3.63, 3.8) is 0 Å². The highest BCUT2D eigenvalue weighted by Gasteiger charge is 2.23. The molecule has 17 heavy (non-hydrogen) atoms. The zero-order chi connectivity index (χ0) is 11.7. The summed E-state index contributed by atoms with van der Waals surface area (Å²) in [6.45, 7) is 1.74. The van der Waals surface area contributed by atoms with Gasteiger partial charge in [0.25, 0.3) is 0 Å². The lowest BCUT2D eigenvalue weighted by molar-refractivity contribution is 0.180. The molecule has 2 N–H and O–H groups in total. The number of ether oxygens (including phenoxy) is 1. The monoisotopic (exact) mass is 231 g/mol. The fourth-order valence-corrected chi connectivity index (χ4v) is 3.08. The Kier molecular flexibility index (Phi) is 3.17. The summed E-state index contributed by atoms with van der Waals surface area (Å²) in [7, 11) is 0. The largest absolute Gasteiger partial charge is 0.381 e. The summed E-state index contributed by atoms with van der Waals surface area (Å²) in [4.78, 5) is 0. The van der Waals surface area contributed by atoms with Gasteiger partial charge in [-0.15, -0.1) is 0 Å². The third kappa shape index (κ3) is 2.38. The molecule has 0 spiro atoms. The summed E-state index contributed by atoms with van der Waals surface area (Å²) < 4.78 is 5.41. The Balaban J connectivity index is 1.68. The molecule has 0 saturated carbocycles. The molecule has 2 nitrogen and oxygen atoms in total. The molecule has 1 fully saturated rings. The van der Waals surface area contributed by atoms with Gasteiger partial charge in [-0.1, -0.05) is 18.2 Å². The smallest absolute Gasteiger partial charge is 0.0510 e. The summed E-state index contributed by atoms with van der Waals surface area (Å²) in [5.74, 6) is 0.559. The van der Waals surface area contributed by atoms with Crippen LogP contribution in [0.1, 0.15) is 29.5 Å². The van der Waals surface area contributed by atoms with Gasteiger partial charge in [0.2, 0.25) is 0 Å². The van der Waals surface area contributed by atoms with E-state index in [1.165, 1.54) is 24.8 Å². The van der Waals surface area contributed by atoms with Crippen molar-refractivity contribution in [2.45, 2.75) is 38.1 Å². The van der Waals surface area contributed by atoms with E-state index < -0.39 is 0 Å². The first-order valence-electron chi connectivity index (χ1n) is 6.77. The van der Waals surface area contributed by atoms with Crippen LogP contribution in [0.2, 0.25) is 0 Å². The van der Waals surface area contributed by atoms with Gasteiger partial charge in [-0.3, -0.25) is 0 Å². The minimum Gasteiger partial charge on any atom is -0.381 e. The molecule has 1 aliphatic heterocycles. The highest BCUT2D eigenvalue weighted by Crippen LogP contribution is 2.24. The van der Waals surface area contributed by atoms with Crippen molar-refractivity contribution in [1.82, 2.24) is 0 Å². The van der Waals surface area contributed by atoms with Crippen molar-refractivity contribution in [2.75, 3.05) is 13.2 Å². The summed E-state index contributed by atoms with van der Waals surface area (Å²) in [5.41, 5.74) is 10.8. The van der Waals surface area contributed by atoms with Crippen molar-refractivity contribution >= 4 is 0 Å². The molecule has 1 saturated heterocycles. The lowest BCUT2D eigenvalue weighted by Gasteiger charge is -2.18. The van der Waals surface area contributed by atoms with Crippen LogP contribution in [0.4, 0.5) is 0 Å². The molecule has 3 rings (SSSR count). The Morgan fingerprint density at radius 1 is 1.29 bits per heavy atom. The van der Waals surface area contributed by atoms with Crippen LogP contribution in [0.25, 0.3) is 0 Å². The molecule has 0 radical (unpaired) electrons. The first kappa shape index (κ1) is 11.2. The van der Waals surface area contributed by atoms with Gasteiger partial charge in [-0.2, -0.15) is 0 Å². The van der Waals surface area contributed by atoms with Crippen molar-refractivity contribution < 1.29 is 4.74 Å². The zero-order valence-electron chi connectivity index (χ0n) is 10.3. The maximum absolute atomic E-state index is 6.28. The zero-order valence-corrected chi connectivity index (χ0v) is 10.3. The minimum absolute atomic E-state index is 0.261. The van der Waals surface area contributed by atoms with Crippen molar-refractivity contribution in [3.05, 3.63) is 34.9 Å².